The summed E-state index contributed by atoms with van der Waals surface area (Å²) in [7, 11) is -4.38. The maximum absolute atomic E-state index is 12.3. The highest BCUT2D eigenvalue weighted by Crippen LogP contribution is 2.23. The van der Waals surface area contributed by atoms with Crippen molar-refractivity contribution >= 4 is 43.4 Å². The van der Waals surface area contributed by atoms with E-state index in [-0.39, 0.29) is 28.1 Å². The molecular formula is C19H19ClN4O6S2. The quantitative estimate of drug-likeness (QED) is 0.499. The maximum atomic E-state index is 12.3. The second kappa shape index (κ2) is 9.36. The van der Waals surface area contributed by atoms with Gasteiger partial charge in [0.1, 0.15) is 0 Å². The van der Waals surface area contributed by atoms with Gasteiger partial charge in [0, 0.05) is 31.1 Å². The Balaban J connectivity index is 1.62. The molecule has 0 aliphatic carbocycles. The average molecular weight is 499 g/mol. The molecule has 0 saturated heterocycles. The summed E-state index contributed by atoms with van der Waals surface area (Å²) < 4.78 is 55.3. The molecule has 1 amide bonds. The van der Waals surface area contributed by atoms with Crippen LogP contribution in [0.2, 0.25) is 5.02 Å². The van der Waals surface area contributed by atoms with Crippen LogP contribution in [0.5, 0.6) is 0 Å². The number of amides is 1. The van der Waals surface area contributed by atoms with Crippen LogP contribution in [0.1, 0.15) is 6.42 Å². The normalized spacial score (nSPS) is 12.1. The monoisotopic (exact) mass is 498 g/mol. The van der Waals surface area contributed by atoms with Gasteiger partial charge in [-0.15, -0.1) is 5.10 Å². The predicted molar refractivity (Wildman–Crippen MR) is 117 cm³/mol. The Morgan fingerprint density at radius 2 is 1.56 bits per heavy atom. The van der Waals surface area contributed by atoms with Crippen LogP contribution >= 0.6 is 11.6 Å². The van der Waals surface area contributed by atoms with Crippen LogP contribution in [0.25, 0.3) is 11.5 Å². The third-order valence-corrected chi connectivity index (χ3v) is 8.14. The van der Waals surface area contributed by atoms with Crippen LogP contribution in [0.4, 0.5) is 6.01 Å². The van der Waals surface area contributed by atoms with E-state index >= 15 is 0 Å². The van der Waals surface area contributed by atoms with Crippen molar-refractivity contribution in [1.29, 1.82) is 0 Å². The number of hydrogen-bond acceptors (Lipinski definition) is 8. The zero-order valence-corrected chi connectivity index (χ0v) is 19.4. The summed E-state index contributed by atoms with van der Waals surface area (Å²) in [5, 5.41) is 10.3. The van der Waals surface area contributed by atoms with Crippen molar-refractivity contribution in [2.24, 2.45) is 0 Å². The molecular weight excluding hydrogens is 480 g/mol. The minimum Gasteiger partial charge on any atom is -0.403 e. The van der Waals surface area contributed by atoms with E-state index in [1.165, 1.54) is 62.6 Å². The highest BCUT2D eigenvalue weighted by atomic mass is 35.5. The van der Waals surface area contributed by atoms with Gasteiger partial charge in [-0.05, 0) is 48.5 Å². The topological polar surface area (TPSA) is 140 Å². The highest BCUT2D eigenvalue weighted by molar-refractivity contribution is 7.91. The lowest BCUT2D eigenvalue weighted by atomic mass is 10.2. The Kier molecular flexibility index (Phi) is 6.98. The first-order chi connectivity index (χ1) is 15.0. The second-order valence-electron chi connectivity index (χ2n) is 6.80. The molecule has 0 fully saturated rings. The highest BCUT2D eigenvalue weighted by Gasteiger charge is 2.19. The summed E-state index contributed by atoms with van der Waals surface area (Å²) in [6.45, 7) is 0. The zero-order chi connectivity index (χ0) is 23.5. The van der Waals surface area contributed by atoms with Crippen LogP contribution in [0, 0.1) is 0 Å². The Hall–Kier alpha value is -2.80. The number of nitrogens with zero attached hydrogens (tertiary/aromatic N) is 3. The van der Waals surface area contributed by atoms with E-state index in [9.17, 15) is 21.6 Å². The van der Waals surface area contributed by atoms with Gasteiger partial charge < -0.3 is 4.42 Å². The smallest absolute Gasteiger partial charge is 0.322 e. The molecule has 1 heterocycles. The van der Waals surface area contributed by atoms with E-state index in [0.29, 0.717) is 10.6 Å². The number of benzene rings is 2. The Bertz CT molecular complexity index is 1320. The molecule has 13 heteroatoms. The van der Waals surface area contributed by atoms with E-state index < -0.39 is 31.5 Å². The van der Waals surface area contributed by atoms with Gasteiger partial charge >= 0.3 is 6.01 Å². The van der Waals surface area contributed by atoms with Crippen molar-refractivity contribution < 1.29 is 26.0 Å². The SMILES string of the molecule is CN(C)S(=O)(=O)c1ccc(-c2nnc(NC(=O)CCS(=O)(=O)c3ccc(Cl)cc3)o2)cc1. The number of nitrogens with one attached hydrogen (secondary N) is 1. The molecule has 0 aliphatic heterocycles. The van der Waals surface area contributed by atoms with Crippen molar-refractivity contribution in [2.45, 2.75) is 16.2 Å². The molecule has 1 aromatic heterocycles. The van der Waals surface area contributed by atoms with Crippen molar-refractivity contribution in [3.05, 3.63) is 53.6 Å². The molecule has 3 aromatic rings. The van der Waals surface area contributed by atoms with E-state index in [1.807, 2.05) is 0 Å². The lowest BCUT2D eigenvalue weighted by Crippen LogP contribution is -2.22. The van der Waals surface area contributed by atoms with Crippen molar-refractivity contribution in [3.63, 3.8) is 0 Å². The van der Waals surface area contributed by atoms with Gasteiger partial charge in [0.2, 0.25) is 21.8 Å². The number of rotatable bonds is 8. The Morgan fingerprint density at radius 1 is 0.969 bits per heavy atom. The fourth-order valence-corrected chi connectivity index (χ4v) is 4.81. The van der Waals surface area contributed by atoms with E-state index in [2.05, 4.69) is 15.5 Å². The fourth-order valence-electron chi connectivity index (χ4n) is 2.54. The van der Waals surface area contributed by atoms with Crippen LogP contribution in [-0.2, 0) is 24.7 Å². The summed E-state index contributed by atoms with van der Waals surface area (Å²) in [6, 6.07) is 11.2. The summed E-state index contributed by atoms with van der Waals surface area (Å²) in [4.78, 5) is 12.3. The third-order valence-electron chi connectivity index (χ3n) is 4.32. The Labute approximate surface area is 190 Å². The zero-order valence-electron chi connectivity index (χ0n) is 17.0. The molecule has 0 atom stereocenters. The number of sulfonamides is 1. The van der Waals surface area contributed by atoms with Gasteiger partial charge in [-0.2, -0.15) is 0 Å². The molecule has 170 valence electrons. The third kappa shape index (κ3) is 5.51. The van der Waals surface area contributed by atoms with Gasteiger partial charge in [-0.1, -0.05) is 16.7 Å². The Morgan fingerprint density at radius 3 is 2.16 bits per heavy atom. The van der Waals surface area contributed by atoms with Crippen molar-refractivity contribution in [2.75, 3.05) is 25.2 Å². The van der Waals surface area contributed by atoms with Crippen LogP contribution < -0.4 is 5.32 Å². The predicted octanol–water partition coefficient (Wildman–Crippen LogP) is 2.44. The van der Waals surface area contributed by atoms with Gasteiger partial charge in [0.15, 0.2) is 9.84 Å². The van der Waals surface area contributed by atoms with Crippen LogP contribution in [0.3, 0.4) is 0 Å². The molecule has 0 bridgehead atoms. The van der Waals surface area contributed by atoms with Crippen LogP contribution in [-0.4, -0.2) is 57.1 Å². The van der Waals surface area contributed by atoms with E-state index in [1.54, 1.807) is 0 Å². The summed E-state index contributed by atoms with van der Waals surface area (Å²) in [5.74, 6) is -0.975. The van der Waals surface area contributed by atoms with Gasteiger partial charge in [0.25, 0.3) is 0 Å². The molecule has 32 heavy (non-hydrogen) atoms. The number of aromatic nitrogens is 2. The molecule has 3 rings (SSSR count). The first kappa shape index (κ1) is 23.9. The molecule has 2 aromatic carbocycles. The van der Waals surface area contributed by atoms with E-state index in [4.69, 9.17) is 16.0 Å². The summed E-state index contributed by atoms with van der Waals surface area (Å²) in [5.41, 5.74) is 0.445. The van der Waals surface area contributed by atoms with Gasteiger partial charge in [-0.3, -0.25) is 10.1 Å². The number of carbonyl (C=O) groups excluding carboxylic acids is 1. The van der Waals surface area contributed by atoms with Gasteiger partial charge in [0.05, 0.1) is 15.5 Å². The minimum atomic E-state index is -3.66. The fraction of sp³-hybridized carbons (Fsp3) is 0.211. The maximum Gasteiger partial charge on any atom is 0.322 e. The van der Waals surface area contributed by atoms with Crippen molar-refractivity contribution in [3.8, 4) is 11.5 Å². The van der Waals surface area contributed by atoms with E-state index in [0.717, 1.165) is 4.31 Å². The molecule has 0 aliphatic rings. The summed E-state index contributed by atoms with van der Waals surface area (Å²) >= 11 is 5.75. The average Bonchev–Trinajstić information content (AvgIpc) is 3.21. The lowest BCUT2D eigenvalue weighted by Gasteiger charge is -2.11. The lowest BCUT2D eigenvalue weighted by molar-refractivity contribution is -0.115. The molecule has 1 N–H and O–H groups in total. The van der Waals surface area contributed by atoms with Crippen molar-refractivity contribution in [1.82, 2.24) is 14.5 Å². The standard InChI is InChI=1S/C19H19ClN4O6S2/c1-24(2)32(28,29)16-7-3-13(4-8-16)18-22-23-19(30-18)21-17(25)11-12-31(26,27)15-9-5-14(20)6-10-15/h3-10H,11-12H2,1-2H3,(H,21,23,25). The number of halogens is 1. The van der Waals surface area contributed by atoms with Crippen LogP contribution in [0.15, 0.2) is 62.7 Å². The van der Waals surface area contributed by atoms with Gasteiger partial charge in [-0.25, -0.2) is 21.1 Å². The molecule has 10 nitrogen and oxygen atoms in total. The number of hydrogen-bond donors (Lipinski definition) is 1. The second-order valence-corrected chi connectivity index (χ2v) is 11.5. The number of sulfone groups is 1. The molecule has 0 unspecified atom stereocenters. The first-order valence-corrected chi connectivity index (χ1v) is 12.6. The molecule has 0 saturated carbocycles. The molecule has 0 radical (unpaired) electrons. The largest absolute Gasteiger partial charge is 0.403 e. The number of carbonyl (C=O) groups is 1. The first-order valence-electron chi connectivity index (χ1n) is 9.14. The molecule has 0 spiro atoms. The minimum absolute atomic E-state index is 0.0582. The summed E-state index contributed by atoms with van der Waals surface area (Å²) in [6.07, 6.45) is -0.320. The number of anilines is 1.